The second-order valence-corrected chi connectivity index (χ2v) is 6.94. The zero-order valence-corrected chi connectivity index (χ0v) is 16.3. The first-order valence-corrected chi connectivity index (χ1v) is 9.04. The number of carbonyl (C=O) groups is 1. The van der Waals surface area contributed by atoms with Gasteiger partial charge in [0.05, 0.1) is 17.9 Å². The third-order valence-electron chi connectivity index (χ3n) is 4.32. The van der Waals surface area contributed by atoms with Crippen molar-refractivity contribution in [1.82, 2.24) is 29.8 Å². The number of aromatic nitrogens is 4. The molecule has 1 aromatic carbocycles. The van der Waals surface area contributed by atoms with Crippen LogP contribution < -0.4 is 5.32 Å². The van der Waals surface area contributed by atoms with Crippen molar-refractivity contribution in [3.05, 3.63) is 65.7 Å². The van der Waals surface area contributed by atoms with E-state index in [1.54, 1.807) is 18.1 Å². The van der Waals surface area contributed by atoms with Crippen LogP contribution in [0.4, 0.5) is 4.79 Å². The summed E-state index contributed by atoms with van der Waals surface area (Å²) in [6.45, 7) is 7.15. The number of carbonyl (C=O) groups excluding carboxylic acids is 1. The van der Waals surface area contributed by atoms with Crippen LogP contribution in [0.15, 0.2) is 48.8 Å². The van der Waals surface area contributed by atoms with E-state index in [1.807, 2.05) is 66.7 Å². The quantitative estimate of drug-likeness (QED) is 0.729. The maximum absolute atomic E-state index is 12.5. The number of urea groups is 1. The molecule has 0 radical (unpaired) electrons. The fourth-order valence-electron chi connectivity index (χ4n) is 3.08. The summed E-state index contributed by atoms with van der Waals surface area (Å²) in [6.07, 6.45) is 3.62. The zero-order chi connectivity index (χ0) is 19.4. The number of hydrogen-bond acceptors (Lipinski definition) is 3. The lowest BCUT2D eigenvalue weighted by atomic mass is 10.2. The Labute approximate surface area is 159 Å². The molecule has 3 aromatic rings. The molecule has 1 N–H and O–H groups in total. The Bertz CT molecular complexity index is 899. The van der Waals surface area contributed by atoms with E-state index in [-0.39, 0.29) is 12.1 Å². The van der Waals surface area contributed by atoms with Crippen LogP contribution in [0.2, 0.25) is 0 Å². The van der Waals surface area contributed by atoms with E-state index in [2.05, 4.69) is 21.6 Å². The van der Waals surface area contributed by atoms with E-state index in [9.17, 15) is 4.79 Å². The molecule has 0 saturated heterocycles. The Hall–Kier alpha value is -3.09. The first-order valence-electron chi connectivity index (χ1n) is 9.04. The highest BCUT2D eigenvalue weighted by molar-refractivity contribution is 5.74. The van der Waals surface area contributed by atoms with E-state index in [4.69, 9.17) is 0 Å². The van der Waals surface area contributed by atoms with Gasteiger partial charge in [-0.15, -0.1) is 0 Å². The Morgan fingerprint density at radius 1 is 1.26 bits per heavy atom. The van der Waals surface area contributed by atoms with Gasteiger partial charge in [0.25, 0.3) is 0 Å². The minimum Gasteiger partial charge on any atom is -0.334 e. The molecule has 0 aliphatic heterocycles. The summed E-state index contributed by atoms with van der Waals surface area (Å²) < 4.78 is 3.73. The topological polar surface area (TPSA) is 68.0 Å². The first kappa shape index (κ1) is 18.7. The van der Waals surface area contributed by atoms with Crippen LogP contribution in [0.3, 0.4) is 0 Å². The summed E-state index contributed by atoms with van der Waals surface area (Å²) in [5.74, 6) is 0. The number of benzene rings is 1. The largest absolute Gasteiger partial charge is 0.334 e. The van der Waals surface area contributed by atoms with Gasteiger partial charge in [0, 0.05) is 37.7 Å². The van der Waals surface area contributed by atoms with Crippen molar-refractivity contribution in [2.75, 3.05) is 7.05 Å². The van der Waals surface area contributed by atoms with Gasteiger partial charge >= 0.3 is 6.03 Å². The molecule has 0 spiro atoms. The molecule has 2 amide bonds. The molecule has 0 unspecified atom stereocenters. The molecule has 0 aliphatic rings. The molecule has 0 aliphatic carbocycles. The van der Waals surface area contributed by atoms with Crippen molar-refractivity contribution < 1.29 is 4.79 Å². The van der Waals surface area contributed by atoms with Crippen LogP contribution in [0, 0.1) is 13.8 Å². The van der Waals surface area contributed by atoms with Gasteiger partial charge in [-0.05, 0) is 50.6 Å². The monoisotopic (exact) mass is 366 g/mol. The number of hydrogen-bond donors (Lipinski definition) is 1. The molecule has 0 fully saturated rings. The third-order valence-corrected chi connectivity index (χ3v) is 4.32. The van der Waals surface area contributed by atoms with Gasteiger partial charge in [-0.1, -0.05) is 12.1 Å². The van der Waals surface area contributed by atoms with Crippen molar-refractivity contribution in [1.29, 1.82) is 0 Å². The second-order valence-electron chi connectivity index (χ2n) is 6.94. The van der Waals surface area contributed by atoms with Gasteiger partial charge in [0.15, 0.2) is 0 Å². The molecule has 142 valence electrons. The van der Waals surface area contributed by atoms with Crippen LogP contribution >= 0.6 is 0 Å². The van der Waals surface area contributed by atoms with Crippen LogP contribution in [-0.2, 0) is 13.1 Å². The number of aryl methyl sites for hydroxylation is 2. The molecule has 0 saturated carbocycles. The standard InChI is InChI=1S/C20H26N6O/c1-15-11-17(3)26(23-15)19-8-5-7-18(12-19)14-24(4)20(27)22-16(2)13-25-10-6-9-21-25/h5-12,16H,13-14H2,1-4H3,(H,22,27)/t16-/m1/s1. The zero-order valence-electron chi connectivity index (χ0n) is 16.3. The fraction of sp³-hybridized carbons (Fsp3) is 0.350. The minimum atomic E-state index is -0.105. The SMILES string of the molecule is Cc1cc(C)n(-c2cccc(CN(C)C(=O)N[C@H](C)Cn3cccn3)c2)n1. The third kappa shape index (κ3) is 4.75. The Morgan fingerprint density at radius 2 is 2.07 bits per heavy atom. The van der Waals surface area contributed by atoms with E-state index in [0.717, 1.165) is 22.6 Å². The highest BCUT2D eigenvalue weighted by atomic mass is 16.2. The highest BCUT2D eigenvalue weighted by Crippen LogP contribution is 2.15. The van der Waals surface area contributed by atoms with E-state index >= 15 is 0 Å². The lowest BCUT2D eigenvalue weighted by molar-refractivity contribution is 0.202. The van der Waals surface area contributed by atoms with Crippen molar-refractivity contribution >= 4 is 6.03 Å². The molecule has 7 nitrogen and oxygen atoms in total. The highest BCUT2D eigenvalue weighted by Gasteiger charge is 2.13. The number of rotatable bonds is 6. The fourth-order valence-corrected chi connectivity index (χ4v) is 3.08. The Morgan fingerprint density at radius 3 is 2.74 bits per heavy atom. The lowest BCUT2D eigenvalue weighted by Gasteiger charge is -2.22. The second kappa shape index (κ2) is 8.07. The molecule has 3 rings (SSSR count). The van der Waals surface area contributed by atoms with Crippen molar-refractivity contribution in [2.24, 2.45) is 0 Å². The smallest absolute Gasteiger partial charge is 0.317 e. The maximum atomic E-state index is 12.5. The Balaban J connectivity index is 1.61. The minimum absolute atomic E-state index is 0.0131. The summed E-state index contributed by atoms with van der Waals surface area (Å²) in [4.78, 5) is 14.1. The van der Waals surface area contributed by atoms with Gasteiger partial charge in [-0.3, -0.25) is 4.68 Å². The molecule has 7 heteroatoms. The normalized spacial score (nSPS) is 12.0. The average Bonchev–Trinajstić information content (AvgIpc) is 3.24. The van der Waals surface area contributed by atoms with Crippen LogP contribution in [0.25, 0.3) is 5.69 Å². The number of nitrogens with one attached hydrogen (secondary N) is 1. The van der Waals surface area contributed by atoms with Crippen LogP contribution in [0.1, 0.15) is 23.9 Å². The van der Waals surface area contributed by atoms with E-state index < -0.39 is 0 Å². The lowest BCUT2D eigenvalue weighted by Crippen LogP contribution is -2.43. The van der Waals surface area contributed by atoms with Crippen molar-refractivity contribution in [3.8, 4) is 5.69 Å². The van der Waals surface area contributed by atoms with E-state index in [1.165, 1.54) is 0 Å². The molecule has 27 heavy (non-hydrogen) atoms. The predicted molar refractivity (Wildman–Crippen MR) is 105 cm³/mol. The first-order chi connectivity index (χ1) is 12.9. The van der Waals surface area contributed by atoms with Crippen molar-refractivity contribution in [3.63, 3.8) is 0 Å². The summed E-state index contributed by atoms with van der Waals surface area (Å²) in [5.41, 5.74) is 4.13. The summed E-state index contributed by atoms with van der Waals surface area (Å²) in [5, 5.41) is 11.7. The average molecular weight is 366 g/mol. The van der Waals surface area contributed by atoms with Gasteiger partial charge in [-0.25, -0.2) is 9.48 Å². The Kier molecular flexibility index (Phi) is 5.59. The van der Waals surface area contributed by atoms with Crippen molar-refractivity contribution in [2.45, 2.75) is 39.9 Å². The summed E-state index contributed by atoms with van der Waals surface area (Å²) in [7, 11) is 1.80. The molecule has 2 heterocycles. The number of amides is 2. The summed E-state index contributed by atoms with van der Waals surface area (Å²) in [6, 6.07) is 11.9. The van der Waals surface area contributed by atoms with Crippen LogP contribution in [0.5, 0.6) is 0 Å². The van der Waals surface area contributed by atoms with Gasteiger partial charge in [-0.2, -0.15) is 10.2 Å². The van der Waals surface area contributed by atoms with Crippen LogP contribution in [-0.4, -0.2) is 43.6 Å². The summed E-state index contributed by atoms with van der Waals surface area (Å²) >= 11 is 0. The molecule has 2 aromatic heterocycles. The van der Waals surface area contributed by atoms with E-state index in [0.29, 0.717) is 13.1 Å². The molecular formula is C20H26N6O. The predicted octanol–water partition coefficient (Wildman–Crippen LogP) is 2.92. The molecule has 0 bridgehead atoms. The molecule has 1 atom stereocenters. The maximum Gasteiger partial charge on any atom is 0.317 e. The van der Waals surface area contributed by atoms with Gasteiger partial charge in [0.2, 0.25) is 0 Å². The molecular weight excluding hydrogens is 340 g/mol. The van der Waals surface area contributed by atoms with Gasteiger partial charge < -0.3 is 10.2 Å². The number of nitrogens with zero attached hydrogens (tertiary/aromatic N) is 5. The van der Waals surface area contributed by atoms with Gasteiger partial charge in [0.1, 0.15) is 0 Å².